The minimum absolute atomic E-state index is 0.804. The van der Waals surface area contributed by atoms with E-state index in [4.69, 9.17) is 5.73 Å². The average molecular weight is 216 g/mol. The zero-order chi connectivity index (χ0) is 11.5. The van der Waals surface area contributed by atoms with Crippen molar-refractivity contribution in [1.29, 1.82) is 0 Å². The summed E-state index contributed by atoms with van der Waals surface area (Å²) in [7, 11) is 1.93. The van der Waals surface area contributed by atoms with Crippen LogP contribution in [-0.4, -0.2) is 14.8 Å². The van der Waals surface area contributed by atoms with Crippen LogP contribution in [0.1, 0.15) is 17.2 Å². The van der Waals surface area contributed by atoms with Crippen LogP contribution < -0.4 is 5.73 Å². The van der Waals surface area contributed by atoms with Gasteiger partial charge in [-0.2, -0.15) is 5.10 Å². The van der Waals surface area contributed by atoms with E-state index in [1.54, 1.807) is 0 Å². The summed E-state index contributed by atoms with van der Waals surface area (Å²) in [5, 5.41) is 4.22. The first-order chi connectivity index (χ1) is 7.65. The Bertz CT molecular complexity index is 470. The molecule has 84 valence electrons. The third kappa shape index (κ3) is 2.39. The molecule has 0 radical (unpaired) electrons. The lowest BCUT2D eigenvalue weighted by Gasteiger charge is -2.01. The summed E-state index contributed by atoms with van der Waals surface area (Å²) in [6.45, 7) is 1.91. The second kappa shape index (κ2) is 4.35. The van der Waals surface area contributed by atoms with Crippen molar-refractivity contribution < 1.29 is 0 Å². The molecule has 0 unspecified atom stereocenters. The Morgan fingerprint density at radius 2 is 1.88 bits per heavy atom. The van der Waals surface area contributed by atoms with Gasteiger partial charge in [0, 0.05) is 19.2 Å². The lowest BCUT2D eigenvalue weighted by molar-refractivity contribution is 0.690. The van der Waals surface area contributed by atoms with Crippen LogP contribution in [0.4, 0.5) is 5.69 Å². The molecule has 0 fully saturated rings. The average Bonchev–Trinajstić information content (AvgIpc) is 2.57. The molecule has 0 spiro atoms. The van der Waals surface area contributed by atoms with E-state index in [1.165, 1.54) is 5.56 Å². The molecule has 4 nitrogen and oxygen atoms in total. The van der Waals surface area contributed by atoms with Crippen molar-refractivity contribution >= 4 is 5.69 Å². The molecule has 4 heteroatoms. The van der Waals surface area contributed by atoms with Crippen LogP contribution in [0.25, 0.3) is 0 Å². The third-order valence-electron chi connectivity index (χ3n) is 2.58. The molecule has 0 amide bonds. The third-order valence-corrected chi connectivity index (χ3v) is 2.58. The Balaban J connectivity index is 2.02. The van der Waals surface area contributed by atoms with E-state index in [0.717, 1.165) is 30.2 Å². The Kier molecular flexibility index (Phi) is 2.90. The van der Waals surface area contributed by atoms with Crippen LogP contribution in [0.2, 0.25) is 0 Å². The van der Waals surface area contributed by atoms with E-state index in [0.29, 0.717) is 0 Å². The lowest BCUT2D eigenvalue weighted by atomic mass is 10.1. The van der Waals surface area contributed by atoms with Gasteiger partial charge in [0.2, 0.25) is 0 Å². The van der Waals surface area contributed by atoms with E-state index >= 15 is 0 Å². The standard InChI is InChI=1S/C12H16N4/c1-9-14-12(16(2)15-9)8-5-10-3-6-11(13)7-4-10/h3-4,6-7H,5,8,13H2,1-2H3. The largest absolute Gasteiger partial charge is 0.399 e. The van der Waals surface area contributed by atoms with Crippen molar-refractivity contribution in [2.45, 2.75) is 19.8 Å². The minimum atomic E-state index is 0.804. The minimum Gasteiger partial charge on any atom is -0.399 e. The summed E-state index contributed by atoms with van der Waals surface area (Å²) in [5.74, 6) is 1.85. The van der Waals surface area contributed by atoms with Crippen LogP contribution in [-0.2, 0) is 19.9 Å². The number of aryl methyl sites for hydroxylation is 4. The predicted molar refractivity (Wildman–Crippen MR) is 64.0 cm³/mol. The molecule has 0 aliphatic rings. The predicted octanol–water partition coefficient (Wildman–Crippen LogP) is 1.49. The van der Waals surface area contributed by atoms with Crippen molar-refractivity contribution in [3.8, 4) is 0 Å². The van der Waals surface area contributed by atoms with Gasteiger partial charge in [-0.15, -0.1) is 0 Å². The van der Waals surface area contributed by atoms with Gasteiger partial charge in [-0.25, -0.2) is 4.98 Å². The van der Waals surface area contributed by atoms with Gasteiger partial charge in [-0.05, 0) is 31.0 Å². The monoisotopic (exact) mass is 216 g/mol. The quantitative estimate of drug-likeness (QED) is 0.791. The zero-order valence-corrected chi connectivity index (χ0v) is 9.64. The fourth-order valence-corrected chi connectivity index (χ4v) is 1.71. The summed E-state index contributed by atoms with van der Waals surface area (Å²) in [6.07, 6.45) is 1.87. The smallest absolute Gasteiger partial charge is 0.147 e. The maximum Gasteiger partial charge on any atom is 0.147 e. The first-order valence-corrected chi connectivity index (χ1v) is 5.36. The topological polar surface area (TPSA) is 56.7 Å². The molecule has 1 heterocycles. The molecule has 0 atom stereocenters. The molecule has 2 aromatic rings. The van der Waals surface area contributed by atoms with E-state index in [1.807, 2.05) is 30.8 Å². The molecule has 2 rings (SSSR count). The second-order valence-corrected chi connectivity index (χ2v) is 3.94. The number of hydrogen-bond donors (Lipinski definition) is 1. The fourth-order valence-electron chi connectivity index (χ4n) is 1.71. The van der Waals surface area contributed by atoms with E-state index < -0.39 is 0 Å². The Morgan fingerprint density at radius 1 is 1.19 bits per heavy atom. The van der Waals surface area contributed by atoms with Gasteiger partial charge in [0.25, 0.3) is 0 Å². The van der Waals surface area contributed by atoms with Crippen molar-refractivity contribution in [2.75, 3.05) is 5.73 Å². The number of nitrogens with two attached hydrogens (primary N) is 1. The number of nitrogen functional groups attached to an aromatic ring is 1. The molecular weight excluding hydrogens is 200 g/mol. The Hall–Kier alpha value is -1.84. The summed E-state index contributed by atoms with van der Waals surface area (Å²) in [5.41, 5.74) is 7.71. The zero-order valence-electron chi connectivity index (χ0n) is 9.64. The number of hydrogen-bond acceptors (Lipinski definition) is 3. The molecule has 0 bridgehead atoms. The van der Waals surface area contributed by atoms with Crippen molar-refractivity contribution in [2.24, 2.45) is 7.05 Å². The number of aromatic nitrogens is 3. The number of nitrogens with zero attached hydrogens (tertiary/aromatic N) is 3. The normalized spacial score (nSPS) is 10.6. The van der Waals surface area contributed by atoms with Gasteiger partial charge in [0.15, 0.2) is 0 Å². The lowest BCUT2D eigenvalue weighted by Crippen LogP contribution is -2.01. The van der Waals surface area contributed by atoms with Crippen LogP contribution in [0, 0.1) is 6.92 Å². The van der Waals surface area contributed by atoms with Gasteiger partial charge in [-0.1, -0.05) is 12.1 Å². The van der Waals surface area contributed by atoms with Crippen LogP contribution in [0.5, 0.6) is 0 Å². The summed E-state index contributed by atoms with van der Waals surface area (Å²) in [6, 6.07) is 7.96. The van der Waals surface area contributed by atoms with E-state index in [9.17, 15) is 0 Å². The highest BCUT2D eigenvalue weighted by molar-refractivity contribution is 5.39. The highest BCUT2D eigenvalue weighted by atomic mass is 15.3. The van der Waals surface area contributed by atoms with Gasteiger partial charge in [0.1, 0.15) is 11.6 Å². The SMILES string of the molecule is Cc1nc(CCc2ccc(N)cc2)n(C)n1. The maximum atomic E-state index is 5.63. The second-order valence-electron chi connectivity index (χ2n) is 3.94. The van der Waals surface area contributed by atoms with Gasteiger partial charge >= 0.3 is 0 Å². The molecule has 2 N–H and O–H groups in total. The highest BCUT2D eigenvalue weighted by Crippen LogP contribution is 2.08. The van der Waals surface area contributed by atoms with Gasteiger partial charge in [0.05, 0.1) is 0 Å². The van der Waals surface area contributed by atoms with Crippen LogP contribution >= 0.6 is 0 Å². The first kappa shape index (κ1) is 10.7. The van der Waals surface area contributed by atoms with Crippen LogP contribution in [0.3, 0.4) is 0 Å². The fraction of sp³-hybridized carbons (Fsp3) is 0.333. The van der Waals surface area contributed by atoms with Crippen molar-refractivity contribution in [3.63, 3.8) is 0 Å². The van der Waals surface area contributed by atoms with Gasteiger partial charge in [-0.3, -0.25) is 4.68 Å². The summed E-state index contributed by atoms with van der Waals surface area (Å²) < 4.78 is 1.84. The van der Waals surface area contributed by atoms with E-state index in [-0.39, 0.29) is 0 Å². The molecule has 0 aliphatic carbocycles. The Morgan fingerprint density at radius 3 is 2.44 bits per heavy atom. The number of rotatable bonds is 3. The number of anilines is 1. The molecule has 0 saturated heterocycles. The molecule has 1 aromatic heterocycles. The highest BCUT2D eigenvalue weighted by Gasteiger charge is 2.03. The molecular formula is C12H16N4. The number of benzene rings is 1. The molecule has 1 aromatic carbocycles. The van der Waals surface area contributed by atoms with Crippen molar-refractivity contribution in [3.05, 3.63) is 41.5 Å². The van der Waals surface area contributed by atoms with Crippen LogP contribution in [0.15, 0.2) is 24.3 Å². The summed E-state index contributed by atoms with van der Waals surface area (Å²) >= 11 is 0. The van der Waals surface area contributed by atoms with E-state index in [2.05, 4.69) is 22.2 Å². The molecule has 0 aliphatic heterocycles. The first-order valence-electron chi connectivity index (χ1n) is 5.36. The molecule has 0 saturated carbocycles. The maximum absolute atomic E-state index is 5.63. The molecule has 16 heavy (non-hydrogen) atoms. The summed E-state index contributed by atoms with van der Waals surface area (Å²) in [4.78, 5) is 4.37. The van der Waals surface area contributed by atoms with Crippen molar-refractivity contribution in [1.82, 2.24) is 14.8 Å². The van der Waals surface area contributed by atoms with Gasteiger partial charge < -0.3 is 5.73 Å². The Labute approximate surface area is 95.1 Å².